The van der Waals surface area contributed by atoms with E-state index in [1.807, 2.05) is 0 Å². The Kier molecular flexibility index (Phi) is 3.85. The molecular weight excluding hydrogens is 264 g/mol. The first-order valence-corrected chi connectivity index (χ1v) is 8.12. The number of hydrogen-bond donors (Lipinski definition) is 0. The second-order valence-corrected chi connectivity index (χ2v) is 6.05. The second-order valence-electron chi connectivity index (χ2n) is 5.67. The van der Waals surface area contributed by atoms with Crippen molar-refractivity contribution < 1.29 is 0 Å². The van der Waals surface area contributed by atoms with Crippen molar-refractivity contribution in [1.82, 2.24) is 0 Å². The van der Waals surface area contributed by atoms with E-state index >= 15 is 0 Å². The van der Waals surface area contributed by atoms with Gasteiger partial charge in [0.15, 0.2) is 0 Å². The van der Waals surface area contributed by atoms with Gasteiger partial charge >= 0.3 is 0 Å². The van der Waals surface area contributed by atoms with Gasteiger partial charge in [0.05, 0.1) is 0 Å². The van der Waals surface area contributed by atoms with Gasteiger partial charge in [-0.05, 0) is 41.5 Å². The summed E-state index contributed by atoms with van der Waals surface area (Å²) in [5.41, 5.74) is 6.07. The molecule has 0 spiro atoms. The molecule has 0 saturated heterocycles. The fourth-order valence-corrected chi connectivity index (χ4v) is 3.95. The Bertz CT molecular complexity index is 555. The third-order valence-corrected chi connectivity index (χ3v) is 5.03. The quantitative estimate of drug-likeness (QED) is 0.483. The molecule has 0 saturated carbocycles. The summed E-state index contributed by atoms with van der Waals surface area (Å²) in [6, 6.07) is 17.8. The normalized spacial score (nSPS) is 14.9. The van der Waals surface area contributed by atoms with Crippen molar-refractivity contribution in [2.24, 2.45) is 0 Å². The molecule has 3 rings (SSSR count). The maximum Gasteiger partial charge on any atom is 0.0223 e. The summed E-state index contributed by atoms with van der Waals surface area (Å²) in [6.45, 7) is 2.32. The Balaban J connectivity index is 2.13. The molecule has 0 aliphatic heterocycles. The van der Waals surface area contributed by atoms with E-state index in [1.54, 1.807) is 0 Å². The van der Waals surface area contributed by atoms with Crippen molar-refractivity contribution in [3.8, 4) is 11.1 Å². The van der Waals surface area contributed by atoms with Crippen LogP contribution in [0.2, 0.25) is 0 Å². The average Bonchev–Trinajstić information content (AvgIpc) is 2.79. The minimum absolute atomic E-state index is 0.194. The van der Waals surface area contributed by atoms with E-state index < -0.39 is 0 Å². The van der Waals surface area contributed by atoms with Crippen LogP contribution < -0.4 is 0 Å². The largest absolute Gasteiger partial charge is 0.127 e. The van der Waals surface area contributed by atoms with Gasteiger partial charge in [0.1, 0.15) is 0 Å². The van der Waals surface area contributed by atoms with E-state index in [2.05, 4.69) is 55.5 Å². The van der Waals surface area contributed by atoms with Crippen LogP contribution in [-0.2, 0) is 5.41 Å². The van der Waals surface area contributed by atoms with Crippen LogP contribution in [0.4, 0.5) is 0 Å². The first-order chi connectivity index (χ1) is 9.83. The van der Waals surface area contributed by atoms with Crippen molar-refractivity contribution in [2.75, 3.05) is 5.88 Å². The molecule has 1 heteroatoms. The average molecular weight is 285 g/mol. The van der Waals surface area contributed by atoms with Gasteiger partial charge in [0, 0.05) is 11.3 Å². The smallest absolute Gasteiger partial charge is 0.0223 e. The minimum Gasteiger partial charge on any atom is -0.127 e. The fourth-order valence-electron chi connectivity index (χ4n) is 3.76. The monoisotopic (exact) mass is 284 g/mol. The topological polar surface area (TPSA) is 0 Å². The van der Waals surface area contributed by atoms with E-state index in [0.717, 1.165) is 18.7 Å². The summed E-state index contributed by atoms with van der Waals surface area (Å²) in [4.78, 5) is 0. The Morgan fingerprint density at radius 1 is 0.850 bits per heavy atom. The van der Waals surface area contributed by atoms with Crippen LogP contribution in [0.15, 0.2) is 48.5 Å². The molecule has 20 heavy (non-hydrogen) atoms. The Hall–Kier alpha value is -1.27. The lowest BCUT2D eigenvalue weighted by Crippen LogP contribution is -2.24. The van der Waals surface area contributed by atoms with E-state index in [0.29, 0.717) is 0 Å². The Morgan fingerprint density at radius 2 is 1.40 bits per heavy atom. The van der Waals surface area contributed by atoms with Crippen LogP contribution in [-0.4, -0.2) is 5.88 Å². The third kappa shape index (κ3) is 1.98. The summed E-state index contributed by atoms with van der Waals surface area (Å²) in [5.74, 6) is 0.767. The van der Waals surface area contributed by atoms with Gasteiger partial charge in [-0.2, -0.15) is 0 Å². The number of alkyl halides is 1. The molecule has 0 amide bonds. The molecule has 0 nitrogen and oxygen atoms in total. The number of rotatable bonds is 5. The lowest BCUT2D eigenvalue weighted by molar-refractivity contribution is 0.448. The number of hydrogen-bond acceptors (Lipinski definition) is 0. The van der Waals surface area contributed by atoms with Crippen molar-refractivity contribution in [2.45, 2.75) is 38.0 Å². The van der Waals surface area contributed by atoms with Crippen LogP contribution in [0.3, 0.4) is 0 Å². The standard InChI is InChI=1S/C19H21Cl/c1-2-19(13-7-8-14-20)17-11-5-3-9-15(17)16-10-4-6-12-18(16)19/h3-6,9-12H,2,7-8,13-14H2,1H3. The molecular formula is C19H21Cl. The van der Waals surface area contributed by atoms with E-state index in [4.69, 9.17) is 11.6 Å². The number of unbranched alkanes of at least 4 members (excludes halogenated alkanes) is 1. The van der Waals surface area contributed by atoms with Gasteiger partial charge in [-0.25, -0.2) is 0 Å². The van der Waals surface area contributed by atoms with Crippen LogP contribution in [0.25, 0.3) is 11.1 Å². The lowest BCUT2D eigenvalue weighted by atomic mass is 9.72. The first kappa shape index (κ1) is 13.7. The highest BCUT2D eigenvalue weighted by molar-refractivity contribution is 6.17. The molecule has 2 aromatic carbocycles. The van der Waals surface area contributed by atoms with Crippen LogP contribution >= 0.6 is 11.6 Å². The highest BCUT2D eigenvalue weighted by atomic mass is 35.5. The van der Waals surface area contributed by atoms with E-state index in [-0.39, 0.29) is 5.41 Å². The zero-order valence-electron chi connectivity index (χ0n) is 12.0. The summed E-state index contributed by atoms with van der Waals surface area (Å²) in [6.07, 6.45) is 4.65. The van der Waals surface area contributed by atoms with Gasteiger partial charge in [0.25, 0.3) is 0 Å². The molecule has 0 atom stereocenters. The number of halogens is 1. The zero-order chi connectivity index (χ0) is 14.0. The first-order valence-electron chi connectivity index (χ1n) is 7.59. The highest BCUT2D eigenvalue weighted by Gasteiger charge is 2.40. The molecule has 2 aromatic rings. The van der Waals surface area contributed by atoms with Crippen LogP contribution in [0, 0.1) is 0 Å². The van der Waals surface area contributed by atoms with Crippen LogP contribution in [0.1, 0.15) is 43.7 Å². The summed E-state index contributed by atoms with van der Waals surface area (Å²) >= 11 is 5.88. The Morgan fingerprint density at radius 3 is 1.90 bits per heavy atom. The maximum absolute atomic E-state index is 5.88. The maximum atomic E-state index is 5.88. The van der Waals surface area contributed by atoms with Gasteiger partial charge in [-0.3, -0.25) is 0 Å². The third-order valence-electron chi connectivity index (χ3n) is 4.77. The predicted molar refractivity (Wildman–Crippen MR) is 87.5 cm³/mol. The molecule has 104 valence electrons. The van der Waals surface area contributed by atoms with Gasteiger partial charge in [-0.15, -0.1) is 11.6 Å². The molecule has 0 fully saturated rings. The molecule has 0 aromatic heterocycles. The fraction of sp³-hybridized carbons (Fsp3) is 0.368. The predicted octanol–water partition coefficient (Wildman–Crippen LogP) is 5.77. The minimum atomic E-state index is 0.194. The molecule has 0 unspecified atom stereocenters. The van der Waals surface area contributed by atoms with Gasteiger partial charge in [0.2, 0.25) is 0 Å². The number of benzene rings is 2. The summed E-state index contributed by atoms with van der Waals surface area (Å²) in [5, 5.41) is 0. The molecule has 0 radical (unpaired) electrons. The van der Waals surface area contributed by atoms with Crippen molar-refractivity contribution >= 4 is 11.6 Å². The van der Waals surface area contributed by atoms with Gasteiger partial charge in [-0.1, -0.05) is 61.9 Å². The van der Waals surface area contributed by atoms with E-state index in [1.165, 1.54) is 35.1 Å². The molecule has 0 heterocycles. The van der Waals surface area contributed by atoms with Crippen molar-refractivity contribution in [1.29, 1.82) is 0 Å². The van der Waals surface area contributed by atoms with Crippen LogP contribution in [0.5, 0.6) is 0 Å². The Labute approximate surface area is 126 Å². The highest BCUT2D eigenvalue weighted by Crippen LogP contribution is 2.52. The summed E-state index contributed by atoms with van der Waals surface area (Å²) < 4.78 is 0. The molecule has 0 N–H and O–H groups in total. The second kappa shape index (κ2) is 5.61. The van der Waals surface area contributed by atoms with Crippen molar-refractivity contribution in [3.63, 3.8) is 0 Å². The molecule has 1 aliphatic carbocycles. The van der Waals surface area contributed by atoms with Gasteiger partial charge < -0.3 is 0 Å². The summed E-state index contributed by atoms with van der Waals surface area (Å²) in [7, 11) is 0. The molecule has 0 bridgehead atoms. The lowest BCUT2D eigenvalue weighted by Gasteiger charge is -2.31. The molecule has 1 aliphatic rings. The van der Waals surface area contributed by atoms with Crippen molar-refractivity contribution in [3.05, 3.63) is 59.7 Å². The number of fused-ring (bicyclic) bond motifs is 3. The van der Waals surface area contributed by atoms with E-state index in [9.17, 15) is 0 Å². The zero-order valence-corrected chi connectivity index (χ0v) is 12.8. The SMILES string of the molecule is CCC1(CCCCCl)c2ccccc2-c2ccccc21.